The molecule has 2 aromatic heterocycles. The summed E-state index contributed by atoms with van der Waals surface area (Å²) in [5, 5.41) is 5.37. The number of H-pyrrole nitrogens is 1. The molecule has 47 heavy (non-hydrogen) atoms. The third-order valence-corrected chi connectivity index (χ3v) is 9.52. The summed E-state index contributed by atoms with van der Waals surface area (Å²) in [6.45, 7) is 4.66. The number of para-hydroxylation sites is 1. The molecule has 1 amide bonds. The first-order chi connectivity index (χ1) is 22.9. The highest BCUT2D eigenvalue weighted by molar-refractivity contribution is 6.31. The fourth-order valence-electron chi connectivity index (χ4n) is 6.64. The first kappa shape index (κ1) is 31.2. The van der Waals surface area contributed by atoms with Gasteiger partial charge < -0.3 is 20.6 Å². The molecule has 1 aliphatic rings. The summed E-state index contributed by atoms with van der Waals surface area (Å²) < 4.78 is 2.13. The lowest BCUT2D eigenvalue weighted by Gasteiger charge is -2.31. The normalized spacial score (nSPS) is 16.0. The lowest BCUT2D eigenvalue weighted by Crippen LogP contribution is -2.42. The molecule has 4 aromatic carbocycles. The van der Waals surface area contributed by atoms with E-state index < -0.39 is 0 Å². The summed E-state index contributed by atoms with van der Waals surface area (Å²) >= 11 is 12.7. The van der Waals surface area contributed by atoms with Crippen molar-refractivity contribution in [2.75, 3.05) is 18.4 Å². The monoisotopic (exact) mass is 662 g/mol. The number of hydrogen-bond acceptors (Lipinski definition) is 4. The van der Waals surface area contributed by atoms with Crippen LogP contribution < -0.4 is 11.1 Å². The summed E-state index contributed by atoms with van der Waals surface area (Å²) in [6.07, 6.45) is 3.97. The number of hydrogen-bond donors (Lipinski definition) is 3. The number of aromatic nitrogens is 3. The highest BCUT2D eigenvalue weighted by Crippen LogP contribution is 2.41. The second-order valence-corrected chi connectivity index (χ2v) is 13.1. The lowest BCUT2D eigenvalue weighted by molar-refractivity contribution is 0.102. The number of halogens is 2. The van der Waals surface area contributed by atoms with Gasteiger partial charge in [-0.1, -0.05) is 89.9 Å². The fraction of sp³-hybridized carbons (Fsp3) is 0.211. The van der Waals surface area contributed by atoms with Crippen LogP contribution in [-0.4, -0.2) is 44.5 Å². The second-order valence-electron chi connectivity index (χ2n) is 12.3. The predicted octanol–water partition coefficient (Wildman–Crippen LogP) is 8.79. The summed E-state index contributed by atoms with van der Waals surface area (Å²) in [4.78, 5) is 25.2. The van der Waals surface area contributed by atoms with E-state index in [0.29, 0.717) is 22.3 Å². The number of piperidine rings is 1. The van der Waals surface area contributed by atoms with Crippen molar-refractivity contribution in [1.29, 1.82) is 0 Å². The smallest absolute Gasteiger partial charge is 0.272 e. The molecule has 3 heterocycles. The van der Waals surface area contributed by atoms with E-state index in [1.807, 2.05) is 97.3 Å². The molecular formula is C38H36Cl2N6O. The van der Waals surface area contributed by atoms with Crippen LogP contribution in [0.25, 0.3) is 33.4 Å². The van der Waals surface area contributed by atoms with Crippen LogP contribution in [0.15, 0.2) is 103 Å². The molecule has 0 saturated carbocycles. The zero-order valence-corrected chi connectivity index (χ0v) is 27.6. The molecule has 6 aromatic rings. The van der Waals surface area contributed by atoms with E-state index in [1.165, 1.54) is 0 Å². The van der Waals surface area contributed by atoms with Crippen molar-refractivity contribution in [2.24, 2.45) is 5.73 Å². The molecular weight excluding hydrogens is 627 g/mol. The van der Waals surface area contributed by atoms with E-state index in [9.17, 15) is 4.79 Å². The lowest BCUT2D eigenvalue weighted by atomic mass is 9.99. The topological polar surface area (TPSA) is 92.0 Å². The second kappa shape index (κ2) is 13.4. The zero-order valence-electron chi connectivity index (χ0n) is 26.1. The Labute approximate surface area is 284 Å². The van der Waals surface area contributed by atoms with Crippen LogP contribution in [0.1, 0.15) is 47.4 Å². The fourth-order valence-corrected chi connectivity index (χ4v) is 6.94. The van der Waals surface area contributed by atoms with Crippen molar-refractivity contribution in [3.8, 4) is 22.5 Å². The maximum atomic E-state index is 14.5. The molecule has 238 valence electrons. The zero-order chi connectivity index (χ0) is 32.5. The number of anilines is 1. The number of fused-ring (bicyclic) bond motifs is 1. The first-order valence-corrected chi connectivity index (χ1v) is 16.7. The minimum atomic E-state index is -0.249. The minimum absolute atomic E-state index is 0.114. The van der Waals surface area contributed by atoms with Gasteiger partial charge in [0.05, 0.1) is 23.8 Å². The highest BCUT2D eigenvalue weighted by atomic mass is 35.5. The molecule has 1 saturated heterocycles. The molecule has 1 aliphatic heterocycles. The number of aromatic amines is 1. The van der Waals surface area contributed by atoms with Crippen molar-refractivity contribution in [3.63, 3.8) is 0 Å². The average molecular weight is 664 g/mol. The number of nitrogens with one attached hydrogen (secondary N) is 2. The van der Waals surface area contributed by atoms with E-state index in [4.69, 9.17) is 33.9 Å². The molecule has 7 rings (SSSR count). The highest BCUT2D eigenvalue weighted by Gasteiger charge is 2.28. The number of benzene rings is 4. The van der Waals surface area contributed by atoms with Gasteiger partial charge in [0.25, 0.3) is 5.91 Å². The van der Waals surface area contributed by atoms with Crippen LogP contribution in [0, 0.1) is 0 Å². The van der Waals surface area contributed by atoms with Gasteiger partial charge in [0.15, 0.2) is 0 Å². The van der Waals surface area contributed by atoms with Gasteiger partial charge in [0.2, 0.25) is 0 Å². The largest absolute Gasteiger partial charge is 0.350 e. The Hall–Kier alpha value is -4.40. The molecule has 0 spiro atoms. The molecule has 2 unspecified atom stereocenters. The number of nitrogens with zero attached hydrogens (tertiary/aromatic N) is 3. The number of carbonyl (C=O) groups is 1. The molecule has 7 nitrogen and oxygen atoms in total. The van der Waals surface area contributed by atoms with E-state index in [1.54, 1.807) is 0 Å². The van der Waals surface area contributed by atoms with Crippen molar-refractivity contribution < 1.29 is 4.79 Å². The SMILES string of the molecule is CC(c1ccc(Cl)cc1)n1cnc(-c2ccccc2)c1-c1c(C(=O)Nc2ccccc2CN2CCCC(N)C2)[nH]c2cc(Cl)ccc12. The van der Waals surface area contributed by atoms with Gasteiger partial charge in [-0.05, 0) is 67.8 Å². The van der Waals surface area contributed by atoms with Crippen LogP contribution in [-0.2, 0) is 6.54 Å². The van der Waals surface area contributed by atoms with Crippen molar-refractivity contribution in [3.05, 3.63) is 130 Å². The first-order valence-electron chi connectivity index (χ1n) is 15.9. The summed E-state index contributed by atoms with van der Waals surface area (Å²) in [6, 6.07) is 31.6. The van der Waals surface area contributed by atoms with E-state index in [2.05, 4.69) is 32.8 Å². The van der Waals surface area contributed by atoms with Gasteiger partial charge in [-0.15, -0.1) is 0 Å². The minimum Gasteiger partial charge on any atom is -0.350 e. The Morgan fingerprint density at radius 1 is 1.00 bits per heavy atom. The van der Waals surface area contributed by atoms with Crippen molar-refractivity contribution in [2.45, 2.75) is 38.4 Å². The Morgan fingerprint density at radius 3 is 2.53 bits per heavy atom. The van der Waals surface area contributed by atoms with E-state index in [-0.39, 0.29) is 18.0 Å². The molecule has 0 aliphatic carbocycles. The van der Waals surface area contributed by atoms with Gasteiger partial charge in [-0.25, -0.2) is 4.98 Å². The molecule has 1 fully saturated rings. The van der Waals surface area contributed by atoms with E-state index >= 15 is 0 Å². The number of imidazole rings is 1. The number of rotatable bonds is 8. The molecule has 4 N–H and O–H groups in total. The van der Waals surface area contributed by atoms with Crippen molar-refractivity contribution >= 4 is 45.7 Å². The van der Waals surface area contributed by atoms with Crippen LogP contribution in [0.4, 0.5) is 5.69 Å². The van der Waals surface area contributed by atoms with Gasteiger partial charge in [-0.3, -0.25) is 9.69 Å². The maximum Gasteiger partial charge on any atom is 0.272 e. The van der Waals surface area contributed by atoms with Crippen LogP contribution in [0.5, 0.6) is 0 Å². The van der Waals surface area contributed by atoms with E-state index in [0.717, 1.165) is 76.2 Å². The molecule has 9 heteroatoms. The van der Waals surface area contributed by atoms with Crippen LogP contribution in [0.2, 0.25) is 10.0 Å². The number of carbonyl (C=O) groups excluding carboxylic acids is 1. The van der Waals surface area contributed by atoms with Gasteiger partial charge in [0.1, 0.15) is 5.69 Å². The number of likely N-dealkylation sites (tertiary alicyclic amines) is 1. The Balaban J connectivity index is 1.36. The maximum absolute atomic E-state index is 14.5. The quantitative estimate of drug-likeness (QED) is 0.152. The van der Waals surface area contributed by atoms with Gasteiger partial charge >= 0.3 is 0 Å². The molecule has 0 radical (unpaired) electrons. The van der Waals surface area contributed by atoms with Crippen molar-refractivity contribution in [1.82, 2.24) is 19.4 Å². The Bertz CT molecular complexity index is 2040. The molecule has 2 atom stereocenters. The average Bonchev–Trinajstić information content (AvgIpc) is 3.67. The summed E-state index contributed by atoms with van der Waals surface area (Å²) in [5.74, 6) is -0.249. The van der Waals surface area contributed by atoms with Gasteiger partial charge in [0, 0.05) is 56.9 Å². The predicted molar refractivity (Wildman–Crippen MR) is 192 cm³/mol. The van der Waals surface area contributed by atoms with Gasteiger partial charge in [-0.2, -0.15) is 0 Å². The molecule has 0 bridgehead atoms. The number of amides is 1. The standard InChI is InChI=1S/C38H36Cl2N6O/c1-24(25-13-15-28(39)16-14-25)46-23-42-35(26-8-3-2-4-9-26)37(46)34-31-18-17-29(40)20-33(31)43-36(34)38(47)44-32-12-6-5-10-27(32)21-45-19-7-11-30(41)22-45/h2-6,8-10,12-18,20,23-24,30,43H,7,11,19,21-22,41H2,1H3,(H,44,47). The van der Waals surface area contributed by atoms with Crippen LogP contribution in [0.3, 0.4) is 0 Å². The summed E-state index contributed by atoms with van der Waals surface area (Å²) in [7, 11) is 0. The summed E-state index contributed by atoms with van der Waals surface area (Å²) in [5.41, 5.74) is 13.7. The van der Waals surface area contributed by atoms with Crippen LogP contribution >= 0.6 is 23.2 Å². The Kier molecular flexibility index (Phi) is 8.88. The number of nitrogens with two attached hydrogens (primary N) is 1. The Morgan fingerprint density at radius 2 is 1.74 bits per heavy atom. The third-order valence-electron chi connectivity index (χ3n) is 9.04. The third kappa shape index (κ3) is 6.45.